The molecule has 5 heteroatoms. The summed E-state index contributed by atoms with van der Waals surface area (Å²) in [5.74, 6) is 0.575. The fourth-order valence-electron chi connectivity index (χ4n) is 1.49. The molecule has 1 atom stereocenters. The first kappa shape index (κ1) is 12.6. The Bertz CT molecular complexity index is 543. The minimum atomic E-state index is -0.162. The van der Waals surface area contributed by atoms with E-state index in [4.69, 9.17) is 4.42 Å². The zero-order valence-corrected chi connectivity index (χ0v) is 11.0. The van der Waals surface area contributed by atoms with Gasteiger partial charge < -0.3 is 9.73 Å². The van der Waals surface area contributed by atoms with Gasteiger partial charge in [-0.2, -0.15) is 0 Å². The summed E-state index contributed by atoms with van der Waals surface area (Å²) in [6.07, 6.45) is 4.77. The van der Waals surface area contributed by atoms with E-state index in [2.05, 4.69) is 10.3 Å². The summed E-state index contributed by atoms with van der Waals surface area (Å²) in [6.45, 7) is 3.80. The predicted molar refractivity (Wildman–Crippen MR) is 71.2 cm³/mol. The van der Waals surface area contributed by atoms with Crippen molar-refractivity contribution in [1.29, 1.82) is 0 Å². The van der Waals surface area contributed by atoms with Gasteiger partial charge in [-0.05, 0) is 32.1 Å². The maximum absolute atomic E-state index is 11.7. The van der Waals surface area contributed by atoms with Gasteiger partial charge in [0.2, 0.25) is 5.91 Å². The number of thiazole rings is 1. The Morgan fingerprint density at radius 2 is 2.44 bits per heavy atom. The molecule has 2 aromatic heterocycles. The Morgan fingerprint density at radius 3 is 3.06 bits per heavy atom. The van der Waals surface area contributed by atoms with Gasteiger partial charge >= 0.3 is 0 Å². The quantitative estimate of drug-likeness (QED) is 0.862. The molecule has 1 amide bonds. The van der Waals surface area contributed by atoms with Gasteiger partial charge in [0.05, 0.1) is 23.0 Å². The Morgan fingerprint density at radius 1 is 1.61 bits per heavy atom. The van der Waals surface area contributed by atoms with Crippen LogP contribution in [-0.2, 0) is 4.79 Å². The van der Waals surface area contributed by atoms with E-state index in [1.54, 1.807) is 29.7 Å². The SMILES string of the molecule is Cc1nc(/C=C/C(=O)NC(C)c2ccco2)cs1. The molecule has 0 aliphatic heterocycles. The molecule has 0 aromatic carbocycles. The number of aryl methyl sites for hydroxylation is 1. The highest BCUT2D eigenvalue weighted by Gasteiger charge is 2.09. The number of nitrogens with one attached hydrogen (secondary N) is 1. The third-order valence-electron chi connectivity index (χ3n) is 2.37. The molecule has 0 aliphatic rings. The smallest absolute Gasteiger partial charge is 0.244 e. The van der Waals surface area contributed by atoms with Crippen LogP contribution in [0.4, 0.5) is 0 Å². The largest absolute Gasteiger partial charge is 0.467 e. The van der Waals surface area contributed by atoms with Crippen molar-refractivity contribution in [1.82, 2.24) is 10.3 Å². The first-order valence-corrected chi connectivity index (χ1v) is 6.47. The van der Waals surface area contributed by atoms with Crippen LogP contribution in [0.5, 0.6) is 0 Å². The van der Waals surface area contributed by atoms with Crippen LogP contribution in [0.2, 0.25) is 0 Å². The van der Waals surface area contributed by atoms with Crippen LogP contribution in [0.25, 0.3) is 6.08 Å². The maximum atomic E-state index is 11.7. The molecule has 0 saturated heterocycles. The minimum Gasteiger partial charge on any atom is -0.467 e. The second-order valence-corrected chi connectivity index (χ2v) is 4.93. The third-order valence-corrected chi connectivity index (χ3v) is 3.16. The number of nitrogens with zero attached hydrogens (tertiary/aromatic N) is 1. The van der Waals surface area contributed by atoms with Crippen LogP contribution >= 0.6 is 11.3 Å². The lowest BCUT2D eigenvalue weighted by molar-refractivity contribution is -0.117. The number of carbonyl (C=O) groups excluding carboxylic acids is 1. The van der Waals surface area contributed by atoms with Crippen LogP contribution in [-0.4, -0.2) is 10.9 Å². The van der Waals surface area contributed by atoms with Gasteiger partial charge in [0.1, 0.15) is 5.76 Å². The van der Waals surface area contributed by atoms with E-state index in [9.17, 15) is 4.79 Å². The van der Waals surface area contributed by atoms with Crippen molar-refractivity contribution in [2.75, 3.05) is 0 Å². The van der Waals surface area contributed by atoms with Gasteiger partial charge in [0.25, 0.3) is 0 Å². The molecule has 2 rings (SSSR count). The highest BCUT2D eigenvalue weighted by Crippen LogP contribution is 2.12. The topological polar surface area (TPSA) is 55.1 Å². The first-order valence-electron chi connectivity index (χ1n) is 5.59. The Kier molecular flexibility index (Phi) is 3.94. The molecule has 2 heterocycles. The molecule has 0 fully saturated rings. The number of hydrogen-bond acceptors (Lipinski definition) is 4. The first-order chi connectivity index (χ1) is 8.65. The van der Waals surface area contributed by atoms with Gasteiger partial charge in [-0.15, -0.1) is 11.3 Å². The van der Waals surface area contributed by atoms with E-state index in [-0.39, 0.29) is 11.9 Å². The summed E-state index contributed by atoms with van der Waals surface area (Å²) in [5.41, 5.74) is 0.804. The number of amides is 1. The van der Waals surface area contributed by atoms with Crippen molar-refractivity contribution >= 4 is 23.3 Å². The lowest BCUT2D eigenvalue weighted by atomic mass is 10.2. The van der Waals surface area contributed by atoms with Gasteiger partial charge in [0.15, 0.2) is 0 Å². The highest BCUT2D eigenvalue weighted by molar-refractivity contribution is 7.09. The summed E-state index contributed by atoms with van der Waals surface area (Å²) >= 11 is 1.56. The average molecular weight is 262 g/mol. The van der Waals surface area contributed by atoms with E-state index >= 15 is 0 Å². The van der Waals surface area contributed by atoms with E-state index in [1.807, 2.05) is 25.3 Å². The molecule has 0 spiro atoms. The second-order valence-electron chi connectivity index (χ2n) is 3.87. The molecule has 0 aliphatic carbocycles. The summed E-state index contributed by atoms with van der Waals surface area (Å²) in [6, 6.07) is 3.49. The molecule has 0 saturated carbocycles. The number of rotatable bonds is 4. The van der Waals surface area contributed by atoms with Gasteiger partial charge in [-0.1, -0.05) is 0 Å². The van der Waals surface area contributed by atoms with Crippen LogP contribution in [0.1, 0.15) is 29.4 Å². The number of aromatic nitrogens is 1. The molecule has 94 valence electrons. The zero-order valence-electron chi connectivity index (χ0n) is 10.2. The van der Waals surface area contributed by atoms with Crippen LogP contribution in [0.3, 0.4) is 0 Å². The molecule has 1 N–H and O–H groups in total. The summed E-state index contributed by atoms with van der Waals surface area (Å²) in [5, 5.41) is 5.71. The minimum absolute atomic E-state index is 0.144. The normalized spacial score (nSPS) is 12.8. The molecular formula is C13H14N2O2S. The van der Waals surface area contributed by atoms with Gasteiger partial charge in [0, 0.05) is 11.5 Å². The molecule has 0 radical (unpaired) electrons. The molecule has 0 bridgehead atoms. The van der Waals surface area contributed by atoms with E-state index in [0.29, 0.717) is 0 Å². The van der Waals surface area contributed by atoms with E-state index < -0.39 is 0 Å². The van der Waals surface area contributed by atoms with Crippen LogP contribution in [0.15, 0.2) is 34.3 Å². The standard InChI is InChI=1S/C13H14N2O2S/c1-9(12-4-3-7-17-12)14-13(16)6-5-11-8-18-10(2)15-11/h3-9H,1-2H3,(H,14,16)/b6-5+. The molecule has 1 unspecified atom stereocenters. The summed E-state index contributed by atoms with van der Waals surface area (Å²) < 4.78 is 5.21. The van der Waals surface area contributed by atoms with Gasteiger partial charge in [-0.3, -0.25) is 4.79 Å². The summed E-state index contributed by atoms with van der Waals surface area (Å²) in [7, 11) is 0. The summed E-state index contributed by atoms with van der Waals surface area (Å²) in [4.78, 5) is 15.9. The van der Waals surface area contributed by atoms with Gasteiger partial charge in [-0.25, -0.2) is 4.98 Å². The Hall–Kier alpha value is -1.88. The molecular weight excluding hydrogens is 248 g/mol. The Labute approximate surface area is 109 Å². The monoisotopic (exact) mass is 262 g/mol. The van der Waals surface area contributed by atoms with Crippen molar-refractivity contribution in [2.45, 2.75) is 19.9 Å². The van der Waals surface area contributed by atoms with Crippen molar-refractivity contribution in [3.63, 3.8) is 0 Å². The number of hydrogen-bond donors (Lipinski definition) is 1. The van der Waals surface area contributed by atoms with Crippen molar-refractivity contribution in [3.05, 3.63) is 46.3 Å². The van der Waals surface area contributed by atoms with Crippen LogP contribution < -0.4 is 5.32 Å². The second kappa shape index (κ2) is 5.64. The maximum Gasteiger partial charge on any atom is 0.244 e. The van der Waals surface area contributed by atoms with Crippen molar-refractivity contribution < 1.29 is 9.21 Å². The molecule has 4 nitrogen and oxygen atoms in total. The Balaban J connectivity index is 1.91. The predicted octanol–water partition coefficient (Wildman–Crippen LogP) is 2.94. The average Bonchev–Trinajstić information content (AvgIpc) is 2.97. The highest BCUT2D eigenvalue weighted by atomic mass is 32.1. The lowest BCUT2D eigenvalue weighted by Gasteiger charge is -2.08. The number of furan rings is 1. The third kappa shape index (κ3) is 3.30. The van der Waals surface area contributed by atoms with Crippen LogP contribution in [0, 0.1) is 6.92 Å². The van der Waals surface area contributed by atoms with E-state index in [1.165, 1.54) is 6.08 Å². The number of carbonyl (C=O) groups is 1. The zero-order chi connectivity index (χ0) is 13.0. The molecule has 2 aromatic rings. The molecule has 18 heavy (non-hydrogen) atoms. The fraction of sp³-hybridized carbons (Fsp3) is 0.231. The van der Waals surface area contributed by atoms with Crippen molar-refractivity contribution in [2.24, 2.45) is 0 Å². The van der Waals surface area contributed by atoms with E-state index in [0.717, 1.165) is 16.5 Å². The lowest BCUT2D eigenvalue weighted by Crippen LogP contribution is -2.24. The fourth-order valence-corrected chi connectivity index (χ4v) is 2.07. The van der Waals surface area contributed by atoms with Crippen molar-refractivity contribution in [3.8, 4) is 0 Å².